The van der Waals surface area contributed by atoms with E-state index >= 15 is 4.39 Å². The molecule has 2 atom stereocenters. The minimum atomic E-state index is -3.60. The summed E-state index contributed by atoms with van der Waals surface area (Å²) in [7, 11) is -2.13. The van der Waals surface area contributed by atoms with Crippen molar-refractivity contribution in [2.75, 3.05) is 37.4 Å². The quantitative estimate of drug-likeness (QED) is 0.644. The van der Waals surface area contributed by atoms with E-state index in [4.69, 9.17) is 4.74 Å². The SMILES string of the molecule is COc1ccc(-c2cc3c4c(c2C(C)(C)C)[C@@H]2CN(C(=O)O)CC[C@@H]2N4CCCS3(=O)=O)c(F)c1. The Labute approximate surface area is 205 Å². The molecule has 1 amide bonds. The minimum Gasteiger partial charge on any atom is -0.497 e. The lowest BCUT2D eigenvalue weighted by Gasteiger charge is -2.38. The summed E-state index contributed by atoms with van der Waals surface area (Å²) in [4.78, 5) is 15.7. The van der Waals surface area contributed by atoms with Gasteiger partial charge in [0, 0.05) is 43.2 Å². The molecule has 1 saturated heterocycles. The summed E-state index contributed by atoms with van der Waals surface area (Å²) in [5, 5.41) is 9.73. The Balaban J connectivity index is 1.87. The smallest absolute Gasteiger partial charge is 0.407 e. The van der Waals surface area contributed by atoms with Gasteiger partial charge in [0.1, 0.15) is 11.6 Å². The number of hydrogen-bond donors (Lipinski definition) is 1. The summed E-state index contributed by atoms with van der Waals surface area (Å²) in [6.07, 6.45) is 0.151. The third-order valence-electron chi connectivity index (χ3n) is 7.57. The Kier molecular flexibility index (Phi) is 5.54. The molecule has 9 heteroatoms. The van der Waals surface area contributed by atoms with Crippen molar-refractivity contribution >= 4 is 21.6 Å². The summed E-state index contributed by atoms with van der Waals surface area (Å²) in [6.45, 7) is 7.42. The van der Waals surface area contributed by atoms with Crippen LogP contribution in [0.2, 0.25) is 0 Å². The van der Waals surface area contributed by atoms with Crippen LogP contribution < -0.4 is 9.64 Å². The fourth-order valence-corrected chi connectivity index (χ4v) is 7.72. The summed E-state index contributed by atoms with van der Waals surface area (Å²) >= 11 is 0. The second kappa shape index (κ2) is 8.11. The number of amides is 1. The zero-order chi connectivity index (χ0) is 25.3. The molecule has 0 aliphatic carbocycles. The number of sulfone groups is 1. The van der Waals surface area contributed by atoms with Crippen molar-refractivity contribution in [3.8, 4) is 16.9 Å². The fraction of sp³-hybridized carbons (Fsp3) is 0.500. The maximum absolute atomic E-state index is 15.4. The number of methoxy groups -OCH3 is 1. The molecule has 35 heavy (non-hydrogen) atoms. The number of likely N-dealkylation sites (tertiary alicyclic amines) is 1. The molecule has 0 aromatic heterocycles. The van der Waals surface area contributed by atoms with E-state index in [9.17, 15) is 18.3 Å². The van der Waals surface area contributed by atoms with E-state index in [1.807, 2.05) is 20.8 Å². The van der Waals surface area contributed by atoms with E-state index < -0.39 is 27.2 Å². The summed E-state index contributed by atoms with van der Waals surface area (Å²) < 4.78 is 47.6. The molecule has 0 radical (unpaired) electrons. The van der Waals surface area contributed by atoms with Gasteiger partial charge in [-0.3, -0.25) is 0 Å². The molecule has 7 nitrogen and oxygen atoms in total. The second-order valence-corrected chi connectivity index (χ2v) is 12.8. The number of carboxylic acid groups (broad SMARTS) is 1. The Morgan fingerprint density at radius 1 is 1.17 bits per heavy atom. The van der Waals surface area contributed by atoms with E-state index in [0.29, 0.717) is 55.0 Å². The van der Waals surface area contributed by atoms with Gasteiger partial charge in [0.05, 0.1) is 23.4 Å². The van der Waals surface area contributed by atoms with E-state index in [-0.39, 0.29) is 22.6 Å². The number of hydrogen-bond acceptors (Lipinski definition) is 5. The molecule has 1 fully saturated rings. The van der Waals surface area contributed by atoms with Gasteiger partial charge >= 0.3 is 6.09 Å². The van der Waals surface area contributed by atoms with Crippen LogP contribution in [0, 0.1) is 5.82 Å². The van der Waals surface area contributed by atoms with Gasteiger partial charge in [0.15, 0.2) is 9.84 Å². The van der Waals surface area contributed by atoms with Gasteiger partial charge < -0.3 is 19.6 Å². The van der Waals surface area contributed by atoms with Crippen LogP contribution in [0.4, 0.5) is 14.9 Å². The zero-order valence-electron chi connectivity index (χ0n) is 20.5. The number of ether oxygens (including phenoxy) is 1. The lowest BCUT2D eigenvalue weighted by Crippen LogP contribution is -2.48. The van der Waals surface area contributed by atoms with Gasteiger partial charge in [0.25, 0.3) is 0 Å². The molecule has 3 heterocycles. The Bertz CT molecular complexity index is 1320. The number of anilines is 1. The number of fused-ring (bicyclic) bond motifs is 3. The van der Waals surface area contributed by atoms with Crippen molar-refractivity contribution in [1.29, 1.82) is 0 Å². The van der Waals surface area contributed by atoms with Crippen LogP contribution in [0.5, 0.6) is 5.75 Å². The van der Waals surface area contributed by atoms with Crippen LogP contribution in [0.1, 0.15) is 50.7 Å². The van der Waals surface area contributed by atoms with E-state index in [2.05, 4.69) is 4.90 Å². The highest BCUT2D eigenvalue weighted by Gasteiger charge is 2.49. The molecule has 3 aliphatic rings. The first-order valence-electron chi connectivity index (χ1n) is 12.0. The number of halogens is 1. The molecule has 0 saturated carbocycles. The Morgan fingerprint density at radius 3 is 2.54 bits per heavy atom. The Morgan fingerprint density at radius 2 is 1.91 bits per heavy atom. The first kappa shape index (κ1) is 23.9. The average molecular weight is 503 g/mol. The first-order valence-corrected chi connectivity index (χ1v) is 13.6. The van der Waals surface area contributed by atoms with Crippen molar-refractivity contribution in [3.63, 3.8) is 0 Å². The molecule has 1 N–H and O–H groups in total. The fourth-order valence-electron chi connectivity index (χ4n) is 6.17. The highest BCUT2D eigenvalue weighted by Crippen LogP contribution is 2.55. The van der Waals surface area contributed by atoms with Crippen molar-refractivity contribution in [2.24, 2.45) is 0 Å². The first-order chi connectivity index (χ1) is 16.4. The number of nitrogens with zero attached hydrogens (tertiary/aromatic N) is 2. The molecule has 188 valence electrons. The number of rotatable bonds is 2. The van der Waals surface area contributed by atoms with Crippen molar-refractivity contribution < 1.29 is 27.4 Å². The molecular formula is C26H31FN2O5S. The van der Waals surface area contributed by atoms with Gasteiger partial charge in [-0.2, -0.15) is 0 Å². The van der Waals surface area contributed by atoms with Crippen molar-refractivity contribution in [3.05, 3.63) is 41.2 Å². The maximum Gasteiger partial charge on any atom is 0.407 e. The minimum absolute atomic E-state index is 0.0183. The summed E-state index contributed by atoms with van der Waals surface area (Å²) in [6, 6.07) is 6.29. The van der Waals surface area contributed by atoms with Crippen LogP contribution in [0.15, 0.2) is 29.2 Å². The highest BCUT2D eigenvalue weighted by molar-refractivity contribution is 7.91. The van der Waals surface area contributed by atoms with Gasteiger partial charge in [-0.15, -0.1) is 0 Å². The van der Waals surface area contributed by atoms with E-state index in [1.165, 1.54) is 18.1 Å². The van der Waals surface area contributed by atoms with Crippen LogP contribution >= 0.6 is 0 Å². The summed E-state index contributed by atoms with van der Waals surface area (Å²) in [5.41, 5.74) is 2.85. The van der Waals surface area contributed by atoms with Gasteiger partial charge in [0.2, 0.25) is 0 Å². The average Bonchev–Trinajstić information content (AvgIpc) is 3.02. The second-order valence-electron chi connectivity index (χ2n) is 10.7. The summed E-state index contributed by atoms with van der Waals surface area (Å²) in [5.74, 6) is -0.257. The molecule has 2 aromatic carbocycles. The molecular weight excluding hydrogens is 471 g/mol. The standard InChI is InChI=1S/C26H31FN2O5S/c1-26(2,3)23-17(16-7-6-15(34-4)12-19(16)27)13-21-24-22(23)18-14-28(25(30)31)10-8-20(18)29(24)9-5-11-35(21,32)33/h6-7,12-13,18,20H,5,8-11,14H2,1-4H3,(H,30,31)/t18-,20+/m1/s1. The van der Waals surface area contributed by atoms with Crippen LogP contribution in [-0.4, -0.2) is 63.1 Å². The molecule has 3 aliphatic heterocycles. The zero-order valence-corrected chi connectivity index (χ0v) is 21.3. The van der Waals surface area contributed by atoms with Crippen molar-refractivity contribution in [1.82, 2.24) is 4.90 Å². The Hall–Kier alpha value is -2.81. The molecule has 0 unspecified atom stereocenters. The van der Waals surface area contributed by atoms with Crippen LogP contribution in [0.3, 0.4) is 0 Å². The third kappa shape index (κ3) is 3.75. The van der Waals surface area contributed by atoms with Crippen molar-refractivity contribution in [2.45, 2.75) is 55.9 Å². The monoisotopic (exact) mass is 502 g/mol. The van der Waals surface area contributed by atoms with Gasteiger partial charge in [-0.1, -0.05) is 20.8 Å². The molecule has 0 bridgehead atoms. The lowest BCUT2D eigenvalue weighted by atomic mass is 9.74. The third-order valence-corrected chi connectivity index (χ3v) is 9.38. The maximum atomic E-state index is 15.4. The lowest BCUT2D eigenvalue weighted by molar-refractivity contribution is 0.127. The highest BCUT2D eigenvalue weighted by atomic mass is 32.2. The molecule has 2 aromatic rings. The van der Waals surface area contributed by atoms with Crippen LogP contribution in [0.25, 0.3) is 11.1 Å². The van der Waals surface area contributed by atoms with Crippen LogP contribution in [-0.2, 0) is 15.3 Å². The van der Waals surface area contributed by atoms with E-state index in [0.717, 1.165) is 11.1 Å². The topological polar surface area (TPSA) is 87.2 Å². The predicted octanol–water partition coefficient (Wildman–Crippen LogP) is 4.63. The van der Waals surface area contributed by atoms with Gasteiger partial charge in [-0.25, -0.2) is 17.6 Å². The van der Waals surface area contributed by atoms with Gasteiger partial charge in [-0.05, 0) is 53.1 Å². The molecule has 0 spiro atoms. The molecule has 5 rings (SSSR count). The number of benzene rings is 2. The largest absolute Gasteiger partial charge is 0.497 e. The number of carbonyl (C=O) groups is 1. The normalized spacial score (nSPS) is 22.9. The van der Waals surface area contributed by atoms with E-state index in [1.54, 1.807) is 18.2 Å². The predicted molar refractivity (Wildman–Crippen MR) is 132 cm³/mol. The number of piperidine rings is 1.